The number of Topliss-reactive ketones (excluding diaryl/α,β-unsaturated/α-hetero) is 1. The average molecular weight is 329 g/mol. The Balaban J connectivity index is 2.31. The quantitative estimate of drug-likeness (QED) is 0.768. The maximum absolute atomic E-state index is 13.6. The number of hydrogen-bond acceptors (Lipinski definition) is 1. The van der Waals surface area contributed by atoms with Crippen LogP contribution in [0.5, 0.6) is 0 Å². The second kappa shape index (κ2) is 5.57. The topological polar surface area (TPSA) is 17.1 Å². The highest BCUT2D eigenvalue weighted by molar-refractivity contribution is 9.10. The maximum Gasteiger partial charge on any atom is 0.173 e. The molecule has 2 aromatic rings. The predicted molar refractivity (Wildman–Crippen MR) is 68.5 cm³/mol. The van der Waals surface area contributed by atoms with Gasteiger partial charge >= 0.3 is 0 Å². The summed E-state index contributed by atoms with van der Waals surface area (Å²) in [6.07, 6.45) is -0.392. The number of ketones is 1. The molecule has 0 N–H and O–H groups in total. The van der Waals surface area contributed by atoms with E-state index >= 15 is 0 Å². The van der Waals surface area contributed by atoms with E-state index < -0.39 is 35.2 Å². The molecule has 5 heteroatoms. The molecule has 2 aromatic carbocycles. The van der Waals surface area contributed by atoms with Gasteiger partial charge in [0, 0.05) is 10.9 Å². The Labute approximate surface area is 116 Å². The fourth-order valence-corrected chi connectivity index (χ4v) is 2.02. The van der Waals surface area contributed by atoms with Crippen molar-refractivity contribution in [1.82, 2.24) is 0 Å². The second-order valence-electron chi connectivity index (χ2n) is 3.93. The molecular weight excluding hydrogens is 321 g/mol. The van der Waals surface area contributed by atoms with E-state index in [2.05, 4.69) is 15.9 Å². The third-order valence-electron chi connectivity index (χ3n) is 2.61. The van der Waals surface area contributed by atoms with Crippen LogP contribution in [-0.4, -0.2) is 5.78 Å². The summed E-state index contributed by atoms with van der Waals surface area (Å²) in [6, 6.07) is 7.31. The Bertz CT molecular complexity index is 620. The summed E-state index contributed by atoms with van der Waals surface area (Å²) in [5.74, 6) is -3.28. The van der Waals surface area contributed by atoms with Gasteiger partial charge in [0.25, 0.3) is 0 Å². The molecule has 0 aliphatic carbocycles. The predicted octanol–water partition coefficient (Wildman–Crippen LogP) is 4.29. The highest BCUT2D eigenvalue weighted by atomic mass is 79.9. The molecule has 0 bridgehead atoms. The zero-order valence-corrected chi connectivity index (χ0v) is 11.2. The van der Waals surface area contributed by atoms with Gasteiger partial charge in [-0.15, -0.1) is 0 Å². The zero-order valence-electron chi connectivity index (χ0n) is 9.59. The molecule has 19 heavy (non-hydrogen) atoms. The van der Waals surface area contributed by atoms with Crippen LogP contribution in [0.25, 0.3) is 0 Å². The van der Waals surface area contributed by atoms with Crippen molar-refractivity contribution < 1.29 is 18.0 Å². The summed E-state index contributed by atoms with van der Waals surface area (Å²) in [5.41, 5.74) is -0.541. The van der Waals surface area contributed by atoms with Gasteiger partial charge in [-0.2, -0.15) is 0 Å². The number of carbonyl (C=O) groups is 1. The summed E-state index contributed by atoms with van der Waals surface area (Å²) in [6.45, 7) is 0. The molecule has 0 heterocycles. The lowest BCUT2D eigenvalue weighted by molar-refractivity contribution is 0.0983. The molecule has 0 amide bonds. The molecule has 0 atom stereocenters. The first-order valence-electron chi connectivity index (χ1n) is 5.40. The lowest BCUT2D eigenvalue weighted by Crippen LogP contribution is -2.10. The summed E-state index contributed by atoms with van der Waals surface area (Å²) >= 11 is 3.09. The average Bonchev–Trinajstić information content (AvgIpc) is 2.32. The lowest BCUT2D eigenvalue weighted by atomic mass is 10.0. The Morgan fingerprint density at radius 2 is 1.63 bits per heavy atom. The summed E-state index contributed by atoms with van der Waals surface area (Å²) in [5, 5.41) is 0. The number of hydrogen-bond donors (Lipinski definition) is 0. The van der Waals surface area contributed by atoms with Crippen LogP contribution >= 0.6 is 15.9 Å². The zero-order chi connectivity index (χ0) is 14.0. The lowest BCUT2D eigenvalue weighted by Gasteiger charge is -2.05. The van der Waals surface area contributed by atoms with Crippen LogP contribution < -0.4 is 0 Å². The molecular formula is C14H8BrF3O. The van der Waals surface area contributed by atoms with Crippen molar-refractivity contribution in [3.05, 3.63) is 69.4 Å². The number of benzene rings is 2. The van der Waals surface area contributed by atoms with Gasteiger partial charge in [-0.1, -0.05) is 28.1 Å². The maximum atomic E-state index is 13.6. The van der Waals surface area contributed by atoms with Crippen LogP contribution in [0, 0.1) is 17.5 Å². The van der Waals surface area contributed by atoms with Gasteiger partial charge in [-0.3, -0.25) is 4.79 Å². The normalized spacial score (nSPS) is 10.5. The van der Waals surface area contributed by atoms with E-state index in [4.69, 9.17) is 0 Å². The first kappa shape index (κ1) is 13.8. The van der Waals surface area contributed by atoms with Crippen LogP contribution in [0.1, 0.15) is 15.9 Å². The number of halogens is 4. The van der Waals surface area contributed by atoms with Crippen LogP contribution in [0.15, 0.2) is 40.9 Å². The van der Waals surface area contributed by atoms with E-state index in [1.54, 1.807) is 6.07 Å². The van der Waals surface area contributed by atoms with Gasteiger partial charge in [-0.05, 0) is 29.8 Å². The molecule has 0 saturated heterocycles. The van der Waals surface area contributed by atoms with Crippen molar-refractivity contribution in [2.45, 2.75) is 6.42 Å². The Hall–Kier alpha value is -1.62. The number of carbonyl (C=O) groups excluding carboxylic acids is 1. The summed E-state index contributed by atoms with van der Waals surface area (Å²) in [4.78, 5) is 11.8. The van der Waals surface area contributed by atoms with Gasteiger partial charge in [-0.25, -0.2) is 13.2 Å². The van der Waals surface area contributed by atoms with Crippen LogP contribution in [0.3, 0.4) is 0 Å². The van der Waals surface area contributed by atoms with Crippen molar-refractivity contribution in [2.75, 3.05) is 0 Å². The van der Waals surface area contributed by atoms with Gasteiger partial charge < -0.3 is 0 Å². The van der Waals surface area contributed by atoms with Gasteiger partial charge in [0.1, 0.15) is 17.5 Å². The molecule has 2 rings (SSSR count). The third-order valence-corrected chi connectivity index (χ3v) is 3.10. The summed E-state index contributed by atoms with van der Waals surface area (Å²) < 4.78 is 40.9. The SMILES string of the molecule is O=C(Cc1ccc(Br)cc1F)c1c(F)cccc1F. The molecule has 0 saturated carbocycles. The molecule has 0 radical (unpaired) electrons. The highest BCUT2D eigenvalue weighted by Gasteiger charge is 2.18. The molecule has 0 aromatic heterocycles. The Morgan fingerprint density at radius 1 is 1.00 bits per heavy atom. The Kier molecular flexibility index (Phi) is 4.04. The second-order valence-corrected chi connectivity index (χ2v) is 4.85. The molecule has 98 valence electrons. The summed E-state index contributed by atoms with van der Waals surface area (Å²) in [7, 11) is 0. The van der Waals surface area contributed by atoms with Gasteiger partial charge in [0.2, 0.25) is 0 Å². The van der Waals surface area contributed by atoms with E-state index in [9.17, 15) is 18.0 Å². The monoisotopic (exact) mass is 328 g/mol. The van der Waals surface area contributed by atoms with Crippen LogP contribution in [0.2, 0.25) is 0 Å². The fraction of sp³-hybridized carbons (Fsp3) is 0.0714. The molecule has 1 nitrogen and oxygen atoms in total. The minimum atomic E-state index is -0.942. The van der Waals surface area contributed by atoms with E-state index in [1.165, 1.54) is 18.2 Å². The van der Waals surface area contributed by atoms with Crippen molar-refractivity contribution in [2.24, 2.45) is 0 Å². The van der Waals surface area contributed by atoms with Gasteiger partial charge in [0.15, 0.2) is 5.78 Å². The van der Waals surface area contributed by atoms with E-state index in [-0.39, 0.29) is 5.56 Å². The van der Waals surface area contributed by atoms with E-state index in [0.717, 1.165) is 12.1 Å². The molecule has 0 spiro atoms. The van der Waals surface area contributed by atoms with Crippen LogP contribution in [-0.2, 0) is 6.42 Å². The Morgan fingerprint density at radius 3 is 2.21 bits per heavy atom. The smallest absolute Gasteiger partial charge is 0.173 e. The number of rotatable bonds is 3. The molecule has 0 aliphatic rings. The first-order chi connectivity index (χ1) is 8.99. The third kappa shape index (κ3) is 3.04. The van der Waals surface area contributed by atoms with Crippen molar-refractivity contribution in [3.63, 3.8) is 0 Å². The minimum Gasteiger partial charge on any atom is -0.294 e. The van der Waals surface area contributed by atoms with E-state index in [0.29, 0.717) is 4.47 Å². The first-order valence-corrected chi connectivity index (χ1v) is 6.19. The highest BCUT2D eigenvalue weighted by Crippen LogP contribution is 2.19. The van der Waals surface area contributed by atoms with Crippen molar-refractivity contribution in [3.8, 4) is 0 Å². The fourth-order valence-electron chi connectivity index (χ4n) is 1.69. The molecule has 0 fully saturated rings. The standard InChI is InChI=1S/C14H8BrF3O/c15-9-5-4-8(12(18)7-9)6-13(19)14-10(16)2-1-3-11(14)17/h1-5,7H,6H2. The minimum absolute atomic E-state index is 0.0934. The molecule has 0 unspecified atom stereocenters. The molecule has 0 aliphatic heterocycles. The van der Waals surface area contributed by atoms with Gasteiger partial charge in [0.05, 0.1) is 5.56 Å². The van der Waals surface area contributed by atoms with Crippen LogP contribution in [0.4, 0.5) is 13.2 Å². The van der Waals surface area contributed by atoms with Crippen molar-refractivity contribution >= 4 is 21.7 Å². The van der Waals surface area contributed by atoms with Crippen molar-refractivity contribution in [1.29, 1.82) is 0 Å². The van der Waals surface area contributed by atoms with E-state index in [1.807, 2.05) is 0 Å². The largest absolute Gasteiger partial charge is 0.294 e.